The van der Waals surface area contributed by atoms with Crippen molar-refractivity contribution in [2.75, 3.05) is 5.32 Å². The summed E-state index contributed by atoms with van der Waals surface area (Å²) in [5.41, 5.74) is 0.392. The van der Waals surface area contributed by atoms with E-state index in [0.717, 1.165) is 12.1 Å². The molecule has 0 bridgehead atoms. The van der Waals surface area contributed by atoms with Crippen LogP contribution in [0.4, 0.5) is 10.1 Å². The monoisotopic (exact) mass is 383 g/mol. The number of benzene rings is 3. The van der Waals surface area contributed by atoms with Gasteiger partial charge in [0.2, 0.25) is 0 Å². The zero-order chi connectivity index (χ0) is 20.4. The van der Waals surface area contributed by atoms with Gasteiger partial charge < -0.3 is 20.3 Å². The third kappa shape index (κ3) is 3.73. The Morgan fingerprint density at radius 1 is 1.07 bits per heavy atom. The number of hydrogen-bond donors (Lipinski definition) is 3. The first kappa shape index (κ1) is 19.2. The molecule has 1 unspecified atom stereocenters. The SMILES string of the molecule is Cc1ccc(NC(=O)C(C)OC(=O)c2cc(O)c3ccccc3c2O)cc1F. The molecule has 0 aliphatic carbocycles. The summed E-state index contributed by atoms with van der Waals surface area (Å²) in [4.78, 5) is 24.6. The third-order valence-electron chi connectivity index (χ3n) is 4.31. The van der Waals surface area contributed by atoms with Crippen molar-refractivity contribution in [1.29, 1.82) is 0 Å². The van der Waals surface area contributed by atoms with Crippen LogP contribution < -0.4 is 5.32 Å². The molecule has 1 atom stereocenters. The average Bonchev–Trinajstić information content (AvgIpc) is 2.67. The van der Waals surface area contributed by atoms with Gasteiger partial charge in [0.05, 0.1) is 0 Å². The van der Waals surface area contributed by atoms with Crippen LogP contribution in [0.5, 0.6) is 11.5 Å². The number of esters is 1. The highest BCUT2D eigenvalue weighted by Crippen LogP contribution is 2.35. The zero-order valence-electron chi connectivity index (χ0n) is 15.2. The first-order valence-electron chi connectivity index (χ1n) is 8.49. The number of carbonyl (C=O) groups is 2. The molecule has 0 heterocycles. The molecule has 0 saturated carbocycles. The van der Waals surface area contributed by atoms with Crippen LogP contribution in [0.15, 0.2) is 48.5 Å². The Labute approximate surface area is 160 Å². The summed E-state index contributed by atoms with van der Waals surface area (Å²) in [6.07, 6.45) is -1.22. The lowest BCUT2D eigenvalue weighted by molar-refractivity contribution is -0.123. The molecule has 3 aromatic carbocycles. The van der Waals surface area contributed by atoms with E-state index in [1.165, 1.54) is 19.1 Å². The Kier molecular flexibility index (Phi) is 5.17. The number of carbonyl (C=O) groups excluding carboxylic acids is 2. The van der Waals surface area contributed by atoms with E-state index < -0.39 is 23.8 Å². The number of ether oxygens (including phenoxy) is 1. The van der Waals surface area contributed by atoms with Crippen molar-refractivity contribution in [3.63, 3.8) is 0 Å². The van der Waals surface area contributed by atoms with Crippen LogP contribution in [0.3, 0.4) is 0 Å². The van der Waals surface area contributed by atoms with Crippen molar-refractivity contribution in [1.82, 2.24) is 0 Å². The van der Waals surface area contributed by atoms with Gasteiger partial charge in [0.1, 0.15) is 22.9 Å². The lowest BCUT2D eigenvalue weighted by atomic mass is 10.0. The first-order valence-corrected chi connectivity index (χ1v) is 8.49. The van der Waals surface area contributed by atoms with E-state index in [4.69, 9.17) is 4.74 Å². The molecular formula is C21H18FNO5. The Hall–Kier alpha value is -3.61. The van der Waals surface area contributed by atoms with Gasteiger partial charge in [-0.3, -0.25) is 4.79 Å². The van der Waals surface area contributed by atoms with Crippen LogP contribution in [0.2, 0.25) is 0 Å². The van der Waals surface area contributed by atoms with E-state index in [1.54, 1.807) is 31.2 Å². The number of aryl methyl sites for hydroxylation is 1. The van der Waals surface area contributed by atoms with E-state index in [2.05, 4.69) is 5.32 Å². The Morgan fingerprint density at radius 2 is 1.75 bits per heavy atom. The molecule has 0 fully saturated rings. The van der Waals surface area contributed by atoms with Crippen molar-refractivity contribution in [2.45, 2.75) is 20.0 Å². The molecule has 0 aromatic heterocycles. The van der Waals surface area contributed by atoms with Crippen LogP contribution in [0.25, 0.3) is 10.8 Å². The second-order valence-electron chi connectivity index (χ2n) is 6.34. The second kappa shape index (κ2) is 7.56. The highest BCUT2D eigenvalue weighted by atomic mass is 19.1. The molecule has 3 rings (SSSR count). The fraction of sp³-hybridized carbons (Fsp3) is 0.143. The van der Waals surface area contributed by atoms with Gasteiger partial charge >= 0.3 is 5.97 Å². The summed E-state index contributed by atoms with van der Waals surface area (Å²) < 4.78 is 18.7. The van der Waals surface area contributed by atoms with E-state index >= 15 is 0 Å². The molecule has 0 aliphatic rings. The number of rotatable bonds is 4. The molecular weight excluding hydrogens is 365 g/mol. The summed E-state index contributed by atoms with van der Waals surface area (Å²) in [5, 5.41) is 23.5. The van der Waals surface area contributed by atoms with Crippen LogP contribution in [0.1, 0.15) is 22.8 Å². The second-order valence-corrected chi connectivity index (χ2v) is 6.34. The summed E-state index contributed by atoms with van der Waals surface area (Å²) in [7, 11) is 0. The van der Waals surface area contributed by atoms with Gasteiger partial charge in [0.15, 0.2) is 6.10 Å². The maximum absolute atomic E-state index is 13.6. The largest absolute Gasteiger partial charge is 0.507 e. The van der Waals surface area contributed by atoms with Crippen molar-refractivity contribution in [3.8, 4) is 11.5 Å². The van der Waals surface area contributed by atoms with Gasteiger partial charge in [0, 0.05) is 16.5 Å². The number of aromatic hydroxyl groups is 2. The zero-order valence-corrected chi connectivity index (χ0v) is 15.2. The minimum atomic E-state index is -1.22. The number of nitrogens with one attached hydrogen (secondary N) is 1. The minimum absolute atomic E-state index is 0.201. The van der Waals surface area contributed by atoms with Gasteiger partial charge in [0.25, 0.3) is 5.91 Å². The quantitative estimate of drug-likeness (QED) is 0.469. The fourth-order valence-corrected chi connectivity index (χ4v) is 2.69. The van der Waals surface area contributed by atoms with E-state index in [0.29, 0.717) is 10.9 Å². The Balaban J connectivity index is 1.76. The van der Waals surface area contributed by atoms with Gasteiger partial charge in [-0.25, -0.2) is 9.18 Å². The predicted molar refractivity (Wildman–Crippen MR) is 102 cm³/mol. The topological polar surface area (TPSA) is 95.9 Å². The van der Waals surface area contributed by atoms with Gasteiger partial charge in [-0.15, -0.1) is 0 Å². The highest BCUT2D eigenvalue weighted by Gasteiger charge is 2.23. The smallest absolute Gasteiger partial charge is 0.342 e. The predicted octanol–water partition coefficient (Wildman–Crippen LogP) is 3.88. The molecule has 0 aliphatic heterocycles. The van der Waals surface area contributed by atoms with Crippen LogP contribution in [-0.2, 0) is 9.53 Å². The maximum atomic E-state index is 13.6. The number of phenolic OH excluding ortho intramolecular Hbond substituents is 2. The molecule has 144 valence electrons. The number of anilines is 1. The van der Waals surface area contributed by atoms with E-state index in [-0.39, 0.29) is 28.1 Å². The maximum Gasteiger partial charge on any atom is 0.342 e. The van der Waals surface area contributed by atoms with Crippen LogP contribution in [-0.4, -0.2) is 28.2 Å². The van der Waals surface area contributed by atoms with Gasteiger partial charge in [-0.1, -0.05) is 30.3 Å². The molecule has 3 aromatic rings. The summed E-state index contributed by atoms with van der Waals surface area (Å²) in [5.74, 6) is -2.67. The van der Waals surface area contributed by atoms with E-state index in [9.17, 15) is 24.2 Å². The highest BCUT2D eigenvalue weighted by molar-refractivity contribution is 6.04. The molecule has 3 N–H and O–H groups in total. The Bertz CT molecular complexity index is 1080. The fourth-order valence-electron chi connectivity index (χ4n) is 2.69. The standard InChI is InChI=1S/C21H18FNO5/c1-11-7-8-13(9-17(11)22)23-20(26)12(2)28-21(27)16-10-18(24)14-5-3-4-6-15(14)19(16)25/h3-10,12,24-25H,1-2H3,(H,23,26). The lowest BCUT2D eigenvalue weighted by Crippen LogP contribution is -2.30. The number of phenols is 2. The van der Waals surface area contributed by atoms with Gasteiger partial charge in [-0.2, -0.15) is 0 Å². The molecule has 6 nitrogen and oxygen atoms in total. The number of fused-ring (bicyclic) bond motifs is 1. The van der Waals surface area contributed by atoms with Crippen molar-refractivity contribution < 1.29 is 28.9 Å². The number of amides is 1. The molecule has 0 radical (unpaired) electrons. The molecule has 0 saturated heterocycles. The average molecular weight is 383 g/mol. The number of hydrogen-bond acceptors (Lipinski definition) is 5. The normalized spacial score (nSPS) is 11.8. The molecule has 0 spiro atoms. The number of halogens is 1. The third-order valence-corrected chi connectivity index (χ3v) is 4.31. The Morgan fingerprint density at radius 3 is 2.43 bits per heavy atom. The summed E-state index contributed by atoms with van der Waals surface area (Å²) >= 11 is 0. The summed E-state index contributed by atoms with van der Waals surface area (Å²) in [6.45, 7) is 2.94. The summed E-state index contributed by atoms with van der Waals surface area (Å²) in [6, 6.07) is 11.7. The lowest BCUT2D eigenvalue weighted by Gasteiger charge is -2.15. The van der Waals surface area contributed by atoms with Crippen molar-refractivity contribution in [3.05, 3.63) is 65.5 Å². The van der Waals surface area contributed by atoms with Crippen LogP contribution in [0, 0.1) is 12.7 Å². The molecule has 28 heavy (non-hydrogen) atoms. The molecule has 7 heteroatoms. The molecule has 1 amide bonds. The van der Waals surface area contributed by atoms with Crippen molar-refractivity contribution >= 4 is 28.3 Å². The van der Waals surface area contributed by atoms with E-state index in [1.807, 2.05) is 0 Å². The van der Waals surface area contributed by atoms with Crippen molar-refractivity contribution in [2.24, 2.45) is 0 Å². The van der Waals surface area contributed by atoms with Gasteiger partial charge in [-0.05, 0) is 37.6 Å². The first-order chi connectivity index (χ1) is 13.3. The minimum Gasteiger partial charge on any atom is -0.507 e. The van der Waals surface area contributed by atoms with Crippen LogP contribution >= 0.6 is 0 Å².